The number of alkyl halides is 1. The van der Waals surface area contributed by atoms with Gasteiger partial charge in [-0.3, -0.25) is 0 Å². The molecule has 202 valence electrons. The molecule has 0 aliphatic carbocycles. The van der Waals surface area contributed by atoms with Gasteiger partial charge in [0.25, 0.3) is 0 Å². The van der Waals surface area contributed by atoms with E-state index in [1.165, 1.54) is 5.57 Å². The highest BCUT2D eigenvalue weighted by molar-refractivity contribution is 14.1. The summed E-state index contributed by atoms with van der Waals surface area (Å²) in [5.41, 5.74) is 2.90. The van der Waals surface area contributed by atoms with Crippen molar-refractivity contribution < 1.29 is 18.3 Å². The summed E-state index contributed by atoms with van der Waals surface area (Å²) in [4.78, 5) is 0. The van der Waals surface area contributed by atoms with E-state index in [0.717, 1.165) is 10.8 Å². The molecule has 0 saturated carbocycles. The van der Waals surface area contributed by atoms with Crippen LogP contribution in [0.2, 0.25) is 34.8 Å². The number of ether oxygens (including phenoxy) is 2. The van der Waals surface area contributed by atoms with E-state index in [-0.39, 0.29) is 29.5 Å². The van der Waals surface area contributed by atoms with Crippen LogP contribution in [0.1, 0.15) is 82.6 Å². The quantitative estimate of drug-likeness (QED) is 0.0887. The Balaban J connectivity index is 3.49. The van der Waals surface area contributed by atoms with E-state index >= 15 is 0 Å². The van der Waals surface area contributed by atoms with Gasteiger partial charge in [0.15, 0.2) is 14.6 Å². The summed E-state index contributed by atoms with van der Waals surface area (Å²) < 4.78 is 27.4. The first-order valence-electron chi connectivity index (χ1n) is 13.3. The highest BCUT2D eigenvalue weighted by Gasteiger charge is 2.49. The second-order valence-corrected chi connectivity index (χ2v) is 23.7. The van der Waals surface area contributed by atoms with E-state index in [4.69, 9.17) is 18.3 Å². The minimum Gasteiger partial charge on any atom is -0.413 e. The van der Waals surface area contributed by atoms with E-state index in [1.807, 2.05) is 0 Å². The minimum atomic E-state index is -2.10. The van der Waals surface area contributed by atoms with Gasteiger partial charge >= 0.3 is 0 Å². The molecule has 0 radical (unpaired) electrons. The van der Waals surface area contributed by atoms with Crippen molar-refractivity contribution in [2.75, 3.05) is 17.6 Å². The molecule has 0 N–H and O–H groups in total. The molecule has 4 nitrogen and oxygen atoms in total. The van der Waals surface area contributed by atoms with Gasteiger partial charge in [-0.25, -0.2) is 0 Å². The van der Waals surface area contributed by atoms with Gasteiger partial charge in [-0.1, -0.05) is 97.9 Å². The zero-order valence-corrected chi connectivity index (χ0v) is 28.6. The third-order valence-corrected chi connectivity index (χ3v) is 19.3. The second kappa shape index (κ2) is 13.5. The van der Waals surface area contributed by atoms with Crippen LogP contribution in [-0.2, 0) is 18.3 Å². The number of hydrogen-bond acceptors (Lipinski definition) is 4. The lowest BCUT2D eigenvalue weighted by molar-refractivity contribution is -0.0823. The van der Waals surface area contributed by atoms with Crippen LogP contribution in [0.5, 0.6) is 0 Å². The number of halogens is 1. The summed E-state index contributed by atoms with van der Waals surface area (Å²) in [6, 6.07) is 0. The predicted molar refractivity (Wildman–Crippen MR) is 160 cm³/mol. The molecule has 0 amide bonds. The standard InChI is InChI=1S/C27H55IO4Si2/c1-19(2)34(20(3)4,21(5)6)31-24(18-25-29-16-17-30-25)23(8)26(22(7)14-15-28)32-33(12,13)27(9,10)11/h14,19-21,23-26H,15-18H2,1-13H3/b22-14-/t23-,24-,26-/m0/s1. The molecule has 3 atom stereocenters. The Kier molecular flexibility index (Phi) is 13.0. The first kappa shape index (κ1) is 32.8. The van der Waals surface area contributed by atoms with Crippen molar-refractivity contribution in [2.24, 2.45) is 5.92 Å². The van der Waals surface area contributed by atoms with Crippen LogP contribution in [0.3, 0.4) is 0 Å². The Bertz CT molecular complexity index is 615. The normalized spacial score (nSPS) is 20.0. The van der Waals surface area contributed by atoms with Gasteiger partial charge in [-0.05, 0) is 47.3 Å². The van der Waals surface area contributed by atoms with Crippen molar-refractivity contribution in [3.8, 4) is 0 Å². The zero-order chi connectivity index (χ0) is 26.5. The van der Waals surface area contributed by atoms with Gasteiger partial charge in [0, 0.05) is 16.8 Å². The summed E-state index contributed by atoms with van der Waals surface area (Å²) in [5, 5.41) is 0.149. The Morgan fingerprint density at radius 2 is 1.41 bits per heavy atom. The first-order valence-corrected chi connectivity index (χ1v) is 19.9. The molecule has 7 heteroatoms. The molecular weight excluding hydrogens is 571 g/mol. The zero-order valence-electron chi connectivity index (χ0n) is 24.5. The fourth-order valence-corrected chi connectivity index (χ4v) is 13.1. The number of rotatable bonds is 13. The van der Waals surface area contributed by atoms with E-state index < -0.39 is 16.6 Å². The van der Waals surface area contributed by atoms with Crippen LogP contribution in [0.4, 0.5) is 0 Å². The summed E-state index contributed by atoms with van der Waals surface area (Å²) in [7, 11) is -4.08. The van der Waals surface area contributed by atoms with Crippen LogP contribution < -0.4 is 0 Å². The maximum atomic E-state index is 7.44. The van der Waals surface area contributed by atoms with E-state index in [0.29, 0.717) is 29.8 Å². The smallest absolute Gasteiger partial charge is 0.200 e. The average molecular weight is 627 g/mol. The van der Waals surface area contributed by atoms with E-state index in [1.54, 1.807) is 0 Å². The summed E-state index contributed by atoms with van der Waals surface area (Å²) >= 11 is 2.43. The molecule has 0 aromatic rings. The van der Waals surface area contributed by atoms with Crippen molar-refractivity contribution >= 4 is 39.2 Å². The van der Waals surface area contributed by atoms with Crippen LogP contribution in [0.25, 0.3) is 0 Å². The molecule has 34 heavy (non-hydrogen) atoms. The largest absolute Gasteiger partial charge is 0.413 e. The Labute approximate surface area is 227 Å². The van der Waals surface area contributed by atoms with Gasteiger partial charge in [-0.15, -0.1) is 0 Å². The molecule has 0 spiro atoms. The van der Waals surface area contributed by atoms with Crippen molar-refractivity contribution in [2.45, 2.75) is 136 Å². The lowest BCUT2D eigenvalue weighted by Crippen LogP contribution is -2.54. The van der Waals surface area contributed by atoms with Crippen LogP contribution in [0, 0.1) is 5.92 Å². The van der Waals surface area contributed by atoms with E-state index in [9.17, 15) is 0 Å². The maximum absolute atomic E-state index is 7.44. The monoisotopic (exact) mass is 626 g/mol. The third-order valence-electron chi connectivity index (χ3n) is 8.32. The molecule has 1 aliphatic heterocycles. The van der Waals surface area contributed by atoms with Crippen LogP contribution in [0.15, 0.2) is 11.6 Å². The number of hydrogen-bond donors (Lipinski definition) is 0. The molecule has 1 fully saturated rings. The van der Waals surface area contributed by atoms with Gasteiger partial charge in [0.2, 0.25) is 8.32 Å². The van der Waals surface area contributed by atoms with Crippen molar-refractivity contribution in [3.63, 3.8) is 0 Å². The van der Waals surface area contributed by atoms with Gasteiger partial charge in [-0.2, -0.15) is 0 Å². The topological polar surface area (TPSA) is 36.9 Å². The summed E-state index contributed by atoms with van der Waals surface area (Å²) in [6.45, 7) is 31.8. The summed E-state index contributed by atoms with van der Waals surface area (Å²) in [6.07, 6.45) is 2.95. The lowest BCUT2D eigenvalue weighted by atomic mass is 9.91. The highest BCUT2D eigenvalue weighted by Crippen LogP contribution is 2.46. The van der Waals surface area contributed by atoms with Crippen molar-refractivity contribution in [1.29, 1.82) is 0 Å². The third kappa shape index (κ3) is 8.12. The average Bonchev–Trinajstić information content (AvgIpc) is 3.20. The molecule has 1 rings (SSSR count). The SMILES string of the molecule is C/C(=C/CI)[C@H](O[Si](C)(C)C(C)(C)C)[C@@H](C)[C@H](CC1OCCO1)O[Si](C(C)C)(C(C)C)C(C)C. The Hall–Kier alpha value is 0.744. The maximum Gasteiger partial charge on any atom is 0.200 e. The van der Waals surface area contributed by atoms with Gasteiger partial charge < -0.3 is 18.3 Å². The molecule has 1 heterocycles. The Morgan fingerprint density at radius 1 is 0.941 bits per heavy atom. The van der Waals surface area contributed by atoms with E-state index in [2.05, 4.69) is 118 Å². The predicted octanol–water partition coefficient (Wildman–Crippen LogP) is 8.72. The highest BCUT2D eigenvalue weighted by atomic mass is 127. The van der Waals surface area contributed by atoms with Crippen LogP contribution >= 0.6 is 22.6 Å². The first-order chi connectivity index (χ1) is 15.5. The molecule has 0 aromatic heterocycles. The van der Waals surface area contributed by atoms with Crippen molar-refractivity contribution in [1.82, 2.24) is 0 Å². The fraction of sp³-hybridized carbons (Fsp3) is 0.926. The second-order valence-electron chi connectivity index (χ2n) is 12.6. The fourth-order valence-electron chi connectivity index (χ4n) is 5.32. The molecular formula is C27H55IO4Si2. The molecule has 0 aromatic carbocycles. The van der Waals surface area contributed by atoms with Gasteiger partial charge in [0.05, 0.1) is 25.4 Å². The lowest BCUT2D eigenvalue weighted by Gasteiger charge is -2.48. The molecule has 1 aliphatic rings. The summed E-state index contributed by atoms with van der Waals surface area (Å²) in [5.74, 6) is 0.198. The Morgan fingerprint density at radius 3 is 1.79 bits per heavy atom. The minimum absolute atomic E-state index is 0.0225. The molecule has 0 bridgehead atoms. The molecule has 1 saturated heterocycles. The van der Waals surface area contributed by atoms with Gasteiger partial charge in [0.1, 0.15) is 0 Å². The number of allylic oxidation sites excluding steroid dienone is 1. The molecule has 0 unspecified atom stereocenters. The van der Waals surface area contributed by atoms with Crippen LogP contribution in [-0.4, -0.2) is 52.8 Å². The van der Waals surface area contributed by atoms with Crippen molar-refractivity contribution in [3.05, 3.63) is 11.6 Å².